The van der Waals surface area contributed by atoms with Gasteiger partial charge in [-0.05, 0) is 99.9 Å². The summed E-state index contributed by atoms with van der Waals surface area (Å²) in [5.74, 6) is 0.0969. The van der Waals surface area contributed by atoms with Gasteiger partial charge in [0.05, 0.1) is 12.0 Å². The number of nitrogens with one attached hydrogen (secondary N) is 3. The molecule has 3 N–H and O–H groups in total. The summed E-state index contributed by atoms with van der Waals surface area (Å²) in [7, 11) is 0. The zero-order valence-electron chi connectivity index (χ0n) is 31.5. The smallest absolute Gasteiger partial charge is 0.253 e. The van der Waals surface area contributed by atoms with E-state index >= 15 is 0 Å². The van der Waals surface area contributed by atoms with Gasteiger partial charge in [-0.1, -0.05) is 50.2 Å². The van der Waals surface area contributed by atoms with E-state index in [9.17, 15) is 19.2 Å². The third-order valence-electron chi connectivity index (χ3n) is 11.8. The number of amides is 4. The van der Waals surface area contributed by atoms with E-state index in [0.717, 1.165) is 61.2 Å². The van der Waals surface area contributed by atoms with E-state index in [0.29, 0.717) is 37.5 Å². The van der Waals surface area contributed by atoms with E-state index in [1.54, 1.807) is 4.90 Å². The number of nitrogens with zero attached hydrogens (tertiary/aromatic N) is 3. The monoisotopic (exact) mass is 718 g/mol. The quantitative estimate of drug-likeness (QED) is 0.226. The lowest BCUT2D eigenvalue weighted by atomic mass is 9.86. The van der Waals surface area contributed by atoms with Crippen LogP contribution in [0.4, 0.5) is 17.1 Å². The van der Waals surface area contributed by atoms with E-state index in [4.69, 9.17) is 0 Å². The van der Waals surface area contributed by atoms with Crippen molar-refractivity contribution in [2.75, 3.05) is 28.2 Å². The van der Waals surface area contributed by atoms with Crippen LogP contribution in [-0.4, -0.2) is 65.8 Å². The summed E-state index contributed by atoms with van der Waals surface area (Å²) in [6.07, 6.45) is 6.45. The number of hydrogen-bond acceptors (Lipinski definition) is 6. The number of anilines is 3. The minimum absolute atomic E-state index is 0.0434. The Morgan fingerprint density at radius 1 is 0.660 bits per heavy atom. The highest BCUT2D eigenvalue weighted by molar-refractivity contribution is 5.97. The molecule has 53 heavy (non-hydrogen) atoms. The summed E-state index contributed by atoms with van der Waals surface area (Å²) in [6.45, 7) is 8.91. The van der Waals surface area contributed by atoms with Gasteiger partial charge in [0, 0.05) is 78.8 Å². The van der Waals surface area contributed by atoms with E-state index in [1.165, 1.54) is 5.56 Å². The number of likely N-dealkylation sites (tertiary alicyclic amines) is 1. The Balaban J connectivity index is 0.863. The predicted molar refractivity (Wildman–Crippen MR) is 209 cm³/mol. The first kappa shape index (κ1) is 36.6. The Hall–Kier alpha value is -4.70. The SMILES string of the molecule is CCC(=O)N1c2ccccc2[C@H](Nc2ccc(C(=O)N3CC(C(=O)NC4CCC(N[C@@H]5C[C@H](C)N(C(=O)CC)c6ccccc65)CC4)C3)cc2)C[C@@H]1C. The Kier molecular flexibility index (Phi) is 10.9. The second kappa shape index (κ2) is 15.7. The van der Waals surface area contributed by atoms with Gasteiger partial charge in [0.2, 0.25) is 17.7 Å². The maximum Gasteiger partial charge on any atom is 0.253 e. The number of carbonyl (C=O) groups excluding carboxylic acids is 4. The molecule has 2 fully saturated rings. The molecule has 10 heteroatoms. The molecule has 7 rings (SSSR count). The van der Waals surface area contributed by atoms with Crippen LogP contribution in [0.5, 0.6) is 0 Å². The fourth-order valence-electron chi connectivity index (χ4n) is 8.93. The first-order valence-electron chi connectivity index (χ1n) is 19.7. The van der Waals surface area contributed by atoms with Crippen molar-refractivity contribution >= 4 is 40.7 Å². The summed E-state index contributed by atoms with van der Waals surface area (Å²) in [6, 6.07) is 24.9. The Bertz CT molecular complexity index is 1820. The second-order valence-corrected chi connectivity index (χ2v) is 15.5. The molecule has 1 aliphatic carbocycles. The predicted octanol–water partition coefficient (Wildman–Crippen LogP) is 6.74. The molecule has 0 aromatic heterocycles. The molecule has 10 nitrogen and oxygen atoms in total. The van der Waals surface area contributed by atoms with Crippen LogP contribution < -0.4 is 25.8 Å². The maximum absolute atomic E-state index is 13.3. The lowest BCUT2D eigenvalue weighted by Gasteiger charge is -2.42. The molecule has 1 saturated carbocycles. The van der Waals surface area contributed by atoms with Gasteiger partial charge in [-0.3, -0.25) is 19.2 Å². The molecule has 1 saturated heterocycles. The summed E-state index contributed by atoms with van der Waals surface area (Å²) >= 11 is 0. The molecule has 0 unspecified atom stereocenters. The molecule has 4 atom stereocenters. The van der Waals surface area contributed by atoms with Crippen LogP contribution in [-0.2, 0) is 14.4 Å². The number of fused-ring (bicyclic) bond motifs is 2. The molecule has 0 radical (unpaired) electrons. The number of carbonyl (C=O) groups is 4. The first-order chi connectivity index (χ1) is 25.6. The maximum atomic E-state index is 13.3. The van der Waals surface area contributed by atoms with Crippen molar-refractivity contribution in [1.82, 2.24) is 15.5 Å². The second-order valence-electron chi connectivity index (χ2n) is 15.5. The molecule has 3 aliphatic heterocycles. The first-order valence-corrected chi connectivity index (χ1v) is 19.7. The summed E-state index contributed by atoms with van der Waals surface area (Å²) in [4.78, 5) is 57.5. The fourth-order valence-corrected chi connectivity index (χ4v) is 8.93. The van der Waals surface area contributed by atoms with E-state index in [-0.39, 0.29) is 59.8 Å². The largest absolute Gasteiger partial charge is 0.378 e. The van der Waals surface area contributed by atoms with Crippen molar-refractivity contribution in [3.63, 3.8) is 0 Å². The molecule has 3 aromatic rings. The average Bonchev–Trinajstić information content (AvgIpc) is 3.15. The standard InChI is InChI=1S/C43H54N6O4/c1-5-40(50)48-27(3)23-36(34-11-7-9-13-38(34)48)44-31-17-15-29(16-18-31)43(53)47-25-30(26-47)42(52)46-33-21-19-32(20-22-33)45-37-24-28(4)49(41(51)6-2)39-14-10-8-12-35(37)39/h7-18,27-28,30,32-33,36-37,44-45H,5-6,19-26H2,1-4H3,(H,46,52)/t27-,28-,32?,33?,36+,37+/m0/s1. The Morgan fingerprint density at radius 3 is 1.74 bits per heavy atom. The van der Waals surface area contributed by atoms with Gasteiger partial charge < -0.3 is 30.7 Å². The van der Waals surface area contributed by atoms with E-state index < -0.39 is 0 Å². The molecule has 3 heterocycles. The molecular weight excluding hydrogens is 665 g/mol. The minimum atomic E-state index is -0.183. The molecular formula is C43H54N6O4. The average molecular weight is 719 g/mol. The zero-order valence-corrected chi connectivity index (χ0v) is 31.5. The third-order valence-corrected chi connectivity index (χ3v) is 11.8. The van der Waals surface area contributed by atoms with Crippen molar-refractivity contribution in [3.05, 3.63) is 89.5 Å². The topological polar surface area (TPSA) is 114 Å². The number of hydrogen-bond donors (Lipinski definition) is 3. The van der Waals surface area contributed by atoms with Gasteiger partial charge in [-0.15, -0.1) is 0 Å². The van der Waals surface area contributed by atoms with Gasteiger partial charge in [-0.25, -0.2) is 0 Å². The summed E-state index contributed by atoms with van der Waals surface area (Å²) < 4.78 is 0. The number of benzene rings is 3. The highest BCUT2D eigenvalue weighted by atomic mass is 16.2. The molecule has 3 aromatic carbocycles. The normalized spacial score (nSPS) is 25.5. The van der Waals surface area contributed by atoms with Gasteiger partial charge in [0.15, 0.2) is 0 Å². The van der Waals surface area contributed by atoms with Crippen molar-refractivity contribution in [2.24, 2.45) is 5.92 Å². The third kappa shape index (κ3) is 7.56. The van der Waals surface area contributed by atoms with Crippen molar-refractivity contribution < 1.29 is 19.2 Å². The summed E-state index contributed by atoms with van der Waals surface area (Å²) in [5, 5.41) is 10.8. The number of rotatable bonds is 9. The molecule has 280 valence electrons. The molecule has 0 spiro atoms. The van der Waals surface area contributed by atoms with Crippen LogP contribution in [0.15, 0.2) is 72.8 Å². The Labute approximate surface area is 313 Å². The minimum Gasteiger partial charge on any atom is -0.378 e. The summed E-state index contributed by atoms with van der Waals surface area (Å²) in [5.41, 5.74) is 5.80. The van der Waals surface area contributed by atoms with Crippen molar-refractivity contribution in [1.29, 1.82) is 0 Å². The van der Waals surface area contributed by atoms with Gasteiger partial charge >= 0.3 is 0 Å². The van der Waals surface area contributed by atoms with Gasteiger partial charge in [0.25, 0.3) is 5.91 Å². The van der Waals surface area contributed by atoms with Crippen LogP contribution >= 0.6 is 0 Å². The lowest BCUT2D eigenvalue weighted by molar-refractivity contribution is -0.130. The van der Waals surface area contributed by atoms with Crippen molar-refractivity contribution in [2.45, 2.75) is 115 Å². The van der Waals surface area contributed by atoms with Crippen LogP contribution in [0.25, 0.3) is 0 Å². The lowest BCUT2D eigenvalue weighted by Crippen LogP contribution is -2.57. The molecule has 4 amide bonds. The van der Waals surface area contributed by atoms with Crippen molar-refractivity contribution in [3.8, 4) is 0 Å². The van der Waals surface area contributed by atoms with Crippen LogP contribution in [0, 0.1) is 5.92 Å². The highest BCUT2D eigenvalue weighted by Crippen LogP contribution is 2.40. The number of para-hydroxylation sites is 2. The van der Waals surface area contributed by atoms with Gasteiger partial charge in [0.1, 0.15) is 0 Å². The highest BCUT2D eigenvalue weighted by Gasteiger charge is 2.39. The fraction of sp³-hybridized carbons (Fsp3) is 0.488. The van der Waals surface area contributed by atoms with Crippen LogP contribution in [0.3, 0.4) is 0 Å². The Morgan fingerprint density at radius 2 is 1.17 bits per heavy atom. The molecule has 0 bridgehead atoms. The van der Waals surface area contributed by atoms with Gasteiger partial charge in [-0.2, -0.15) is 0 Å². The van der Waals surface area contributed by atoms with Crippen LogP contribution in [0.1, 0.15) is 113 Å². The van der Waals surface area contributed by atoms with E-state index in [2.05, 4.69) is 54.1 Å². The van der Waals surface area contributed by atoms with E-state index in [1.807, 2.05) is 72.2 Å². The zero-order chi connectivity index (χ0) is 37.2. The molecule has 4 aliphatic rings. The van der Waals surface area contributed by atoms with Crippen LogP contribution in [0.2, 0.25) is 0 Å².